The first-order valence-corrected chi connectivity index (χ1v) is 11.0. The highest BCUT2D eigenvalue weighted by Gasteiger charge is 2.32. The average Bonchev–Trinajstić information content (AvgIpc) is 3.23. The van der Waals surface area contributed by atoms with E-state index in [1.165, 1.54) is 17.0 Å². The summed E-state index contributed by atoms with van der Waals surface area (Å²) in [5.41, 5.74) is 6.50. The van der Waals surface area contributed by atoms with Gasteiger partial charge in [0.15, 0.2) is 0 Å². The largest absolute Gasteiger partial charge is 0.444 e. The monoisotopic (exact) mass is 467 g/mol. The van der Waals surface area contributed by atoms with Crippen molar-refractivity contribution in [2.24, 2.45) is 5.73 Å². The third-order valence-corrected chi connectivity index (χ3v) is 6.00. The quantitative estimate of drug-likeness (QED) is 0.626. The van der Waals surface area contributed by atoms with Gasteiger partial charge in [0.05, 0.1) is 12.2 Å². The number of carbonyl (C=O) groups excluding carboxylic acids is 3. The molecule has 2 saturated heterocycles. The molecule has 0 spiro atoms. The van der Waals surface area contributed by atoms with Crippen LogP contribution < -0.4 is 15.5 Å². The second-order valence-electron chi connectivity index (χ2n) is 8.21. The van der Waals surface area contributed by atoms with Crippen molar-refractivity contribution in [3.63, 3.8) is 0 Å². The molecule has 2 N–H and O–H groups in total. The normalized spacial score (nSPS) is 18.1. The maximum absolute atomic E-state index is 15.0. The Kier molecular flexibility index (Phi) is 6.76. The van der Waals surface area contributed by atoms with Crippen molar-refractivity contribution in [1.29, 1.82) is 0 Å². The summed E-state index contributed by atoms with van der Waals surface area (Å²) in [5.74, 6) is -0.273. The van der Waals surface area contributed by atoms with E-state index in [4.69, 9.17) is 10.5 Å². The Morgan fingerprint density at radius 3 is 2.59 bits per heavy atom. The molecule has 1 unspecified atom stereocenters. The molecule has 178 valence electrons. The maximum atomic E-state index is 15.0. The van der Waals surface area contributed by atoms with Crippen LogP contribution in [0.2, 0.25) is 0 Å². The highest BCUT2D eigenvalue weighted by atomic mass is 19.1. The summed E-state index contributed by atoms with van der Waals surface area (Å²) in [4.78, 5) is 44.5. The van der Waals surface area contributed by atoms with Crippen LogP contribution in [-0.4, -0.2) is 66.6 Å². The molecule has 3 amide bonds. The molecule has 1 atom stereocenters. The molecular formula is C24H26FN5O4. The Bertz CT molecular complexity index is 1100. The van der Waals surface area contributed by atoms with Gasteiger partial charge in [0, 0.05) is 49.9 Å². The fraction of sp³-hybridized carbons (Fsp3) is 0.333. The number of hydrogen-bond acceptors (Lipinski definition) is 6. The van der Waals surface area contributed by atoms with E-state index in [2.05, 4.69) is 16.5 Å². The molecule has 2 fully saturated rings. The smallest absolute Gasteiger partial charge is 0.414 e. The molecule has 10 heteroatoms. The summed E-state index contributed by atoms with van der Waals surface area (Å²) in [6, 6.07) is 8.17. The van der Waals surface area contributed by atoms with Gasteiger partial charge in [-0.3, -0.25) is 14.5 Å². The molecule has 3 heterocycles. The number of anilines is 2. The topological polar surface area (TPSA) is 109 Å². The van der Waals surface area contributed by atoms with Gasteiger partial charge in [-0.15, -0.1) is 0 Å². The van der Waals surface area contributed by atoms with Crippen molar-refractivity contribution in [2.75, 3.05) is 42.5 Å². The lowest BCUT2D eigenvalue weighted by Gasteiger charge is -2.34. The van der Waals surface area contributed by atoms with Crippen LogP contribution in [0.25, 0.3) is 11.1 Å². The van der Waals surface area contributed by atoms with Crippen molar-refractivity contribution in [2.45, 2.75) is 18.9 Å². The summed E-state index contributed by atoms with van der Waals surface area (Å²) in [7, 11) is 0. The third kappa shape index (κ3) is 5.00. The zero-order valence-corrected chi connectivity index (χ0v) is 18.7. The van der Waals surface area contributed by atoms with E-state index in [-0.39, 0.29) is 18.9 Å². The van der Waals surface area contributed by atoms with Gasteiger partial charge in [0.2, 0.25) is 11.8 Å². The van der Waals surface area contributed by atoms with Crippen molar-refractivity contribution in [3.05, 3.63) is 55.0 Å². The van der Waals surface area contributed by atoms with E-state index in [1.54, 1.807) is 29.3 Å². The van der Waals surface area contributed by atoms with Gasteiger partial charge in [0.25, 0.3) is 0 Å². The number of halogens is 1. The minimum absolute atomic E-state index is 0.0785. The SMILES string of the molecule is C=CC(=O)N1CCN(c2ccc(-c3ccc(N4CC(CCC(N)=O)OC4=O)cc3F)cn2)CC1. The second kappa shape index (κ2) is 9.90. The van der Waals surface area contributed by atoms with Crippen LogP contribution in [0.4, 0.5) is 20.7 Å². The minimum atomic E-state index is -0.581. The van der Waals surface area contributed by atoms with Gasteiger partial charge in [-0.1, -0.05) is 6.58 Å². The van der Waals surface area contributed by atoms with Gasteiger partial charge in [-0.25, -0.2) is 14.2 Å². The molecule has 2 aromatic rings. The van der Waals surface area contributed by atoms with Gasteiger partial charge < -0.3 is 20.3 Å². The first-order chi connectivity index (χ1) is 16.4. The summed E-state index contributed by atoms with van der Waals surface area (Å²) in [5, 5.41) is 0. The molecule has 34 heavy (non-hydrogen) atoms. The van der Waals surface area contributed by atoms with E-state index in [1.807, 2.05) is 6.07 Å². The van der Waals surface area contributed by atoms with Gasteiger partial charge >= 0.3 is 6.09 Å². The predicted molar refractivity (Wildman–Crippen MR) is 125 cm³/mol. The standard InChI is InChI=1S/C24H26FN5O4/c1-2-23(32)29-11-9-28(10-12-29)22-8-3-16(14-27-22)19-6-4-17(13-20(19)25)30-15-18(34-24(30)33)5-7-21(26)31/h2-4,6,8,13-14,18H,1,5,7,9-12,15H2,(H2,26,31). The highest BCUT2D eigenvalue weighted by Crippen LogP contribution is 2.30. The van der Waals surface area contributed by atoms with Gasteiger partial charge in [-0.2, -0.15) is 0 Å². The van der Waals surface area contributed by atoms with Crippen molar-refractivity contribution in [1.82, 2.24) is 9.88 Å². The molecule has 0 saturated carbocycles. The molecule has 9 nitrogen and oxygen atoms in total. The molecule has 1 aromatic carbocycles. The van der Waals surface area contributed by atoms with Crippen molar-refractivity contribution < 1.29 is 23.5 Å². The number of nitrogens with zero attached hydrogens (tertiary/aromatic N) is 4. The predicted octanol–water partition coefficient (Wildman–Crippen LogP) is 2.31. The Labute approximate surface area is 196 Å². The number of nitrogens with two attached hydrogens (primary N) is 1. The van der Waals surface area contributed by atoms with E-state index >= 15 is 0 Å². The maximum Gasteiger partial charge on any atom is 0.414 e. The Hall–Kier alpha value is -3.95. The van der Waals surface area contributed by atoms with E-state index in [0.717, 1.165) is 5.82 Å². The zero-order chi connectivity index (χ0) is 24.2. The van der Waals surface area contributed by atoms with Crippen molar-refractivity contribution in [3.8, 4) is 11.1 Å². The van der Waals surface area contributed by atoms with E-state index < -0.39 is 23.9 Å². The molecule has 2 aliphatic rings. The number of benzene rings is 1. The molecule has 4 rings (SSSR count). The molecule has 0 aliphatic carbocycles. The Balaban J connectivity index is 1.41. The van der Waals surface area contributed by atoms with Crippen LogP contribution in [0.1, 0.15) is 12.8 Å². The number of primary amides is 1. The van der Waals surface area contributed by atoms with E-state index in [0.29, 0.717) is 49.4 Å². The number of amides is 3. The third-order valence-electron chi connectivity index (χ3n) is 6.00. The Morgan fingerprint density at radius 2 is 1.97 bits per heavy atom. The van der Waals surface area contributed by atoms with Crippen LogP contribution in [0.15, 0.2) is 49.2 Å². The number of carbonyl (C=O) groups is 3. The number of pyridine rings is 1. The molecule has 0 radical (unpaired) electrons. The minimum Gasteiger partial charge on any atom is -0.444 e. The fourth-order valence-corrected chi connectivity index (χ4v) is 4.11. The second-order valence-corrected chi connectivity index (χ2v) is 8.21. The number of hydrogen-bond donors (Lipinski definition) is 1. The number of ether oxygens (including phenoxy) is 1. The lowest BCUT2D eigenvalue weighted by molar-refractivity contribution is -0.126. The number of cyclic esters (lactones) is 1. The van der Waals surface area contributed by atoms with Crippen molar-refractivity contribution >= 4 is 29.4 Å². The summed E-state index contributed by atoms with van der Waals surface area (Å²) >= 11 is 0. The first-order valence-electron chi connectivity index (χ1n) is 11.0. The van der Waals surface area contributed by atoms with Gasteiger partial charge in [-0.05, 0) is 42.8 Å². The van der Waals surface area contributed by atoms with Crippen LogP contribution in [0.3, 0.4) is 0 Å². The van der Waals surface area contributed by atoms with Crippen LogP contribution in [0, 0.1) is 5.82 Å². The van der Waals surface area contributed by atoms with Gasteiger partial charge in [0.1, 0.15) is 17.7 Å². The number of piperazine rings is 1. The van der Waals surface area contributed by atoms with Crippen LogP contribution >= 0.6 is 0 Å². The number of aromatic nitrogens is 1. The molecule has 1 aromatic heterocycles. The summed E-state index contributed by atoms with van der Waals surface area (Å²) in [6.07, 6.45) is 2.33. The average molecular weight is 468 g/mol. The van der Waals surface area contributed by atoms with Crippen LogP contribution in [0.5, 0.6) is 0 Å². The molecule has 2 aliphatic heterocycles. The molecular weight excluding hydrogens is 441 g/mol. The molecule has 0 bridgehead atoms. The van der Waals surface area contributed by atoms with E-state index in [9.17, 15) is 18.8 Å². The number of rotatable bonds is 7. The fourth-order valence-electron chi connectivity index (χ4n) is 4.11. The Morgan fingerprint density at radius 1 is 1.21 bits per heavy atom. The zero-order valence-electron chi connectivity index (χ0n) is 18.7. The highest BCUT2D eigenvalue weighted by molar-refractivity contribution is 5.90. The summed E-state index contributed by atoms with van der Waals surface area (Å²) in [6.45, 7) is 6.24. The lowest BCUT2D eigenvalue weighted by atomic mass is 10.1. The lowest BCUT2D eigenvalue weighted by Crippen LogP contribution is -2.48. The summed E-state index contributed by atoms with van der Waals surface area (Å²) < 4.78 is 20.2. The van der Waals surface area contributed by atoms with Crippen LogP contribution in [-0.2, 0) is 14.3 Å². The first kappa shape index (κ1) is 23.2.